The number of unbranched alkanes of at least 4 members (excludes halogenated alkanes) is 1. The first-order valence-corrected chi connectivity index (χ1v) is 8.57. The maximum atomic E-state index is 12.7. The molecule has 1 N–H and O–H groups in total. The summed E-state index contributed by atoms with van der Waals surface area (Å²) >= 11 is 1.59. The molecule has 0 spiro atoms. The molecule has 0 bridgehead atoms. The standard InChI is InChI=1S/C16H23NO3S/c1-3-5-6-11(4-2)15(18)17-9-7-13-12(8-10-21-13)14(17)16(19)20/h8,10-11,14H,3-7,9H2,1-2H3,(H,19,20). The molecular formula is C16H23NO3S. The van der Waals surface area contributed by atoms with Crippen molar-refractivity contribution < 1.29 is 14.7 Å². The molecule has 0 fully saturated rings. The van der Waals surface area contributed by atoms with Gasteiger partial charge >= 0.3 is 5.97 Å². The summed E-state index contributed by atoms with van der Waals surface area (Å²) in [5, 5.41) is 11.5. The Labute approximate surface area is 129 Å². The van der Waals surface area contributed by atoms with E-state index in [4.69, 9.17) is 0 Å². The highest BCUT2D eigenvalue weighted by Gasteiger charge is 2.38. The molecule has 116 valence electrons. The van der Waals surface area contributed by atoms with Gasteiger partial charge in [0.15, 0.2) is 6.04 Å². The monoisotopic (exact) mass is 309 g/mol. The lowest BCUT2D eigenvalue weighted by molar-refractivity contribution is -0.153. The third kappa shape index (κ3) is 3.28. The maximum absolute atomic E-state index is 12.7. The average molecular weight is 309 g/mol. The van der Waals surface area contributed by atoms with Crippen LogP contribution in [-0.4, -0.2) is 28.4 Å². The molecule has 1 amide bonds. The second kappa shape index (κ2) is 7.07. The van der Waals surface area contributed by atoms with Crippen LogP contribution in [-0.2, 0) is 16.0 Å². The van der Waals surface area contributed by atoms with Crippen LogP contribution >= 0.6 is 11.3 Å². The van der Waals surface area contributed by atoms with Crippen LogP contribution in [0.25, 0.3) is 0 Å². The topological polar surface area (TPSA) is 57.6 Å². The summed E-state index contributed by atoms with van der Waals surface area (Å²) < 4.78 is 0. The third-order valence-electron chi connectivity index (χ3n) is 4.23. The number of aliphatic carboxylic acids is 1. The second-order valence-electron chi connectivity index (χ2n) is 5.57. The molecule has 2 heterocycles. The second-order valence-corrected chi connectivity index (χ2v) is 6.57. The zero-order valence-electron chi connectivity index (χ0n) is 12.7. The summed E-state index contributed by atoms with van der Waals surface area (Å²) in [6, 6.07) is 1.05. The number of fused-ring (bicyclic) bond motifs is 1. The van der Waals surface area contributed by atoms with Crippen LogP contribution < -0.4 is 0 Å². The number of carboxylic acids is 1. The highest BCUT2D eigenvalue weighted by Crippen LogP contribution is 2.35. The fourth-order valence-corrected chi connectivity index (χ4v) is 3.91. The van der Waals surface area contributed by atoms with Crippen LogP contribution in [0, 0.1) is 5.92 Å². The lowest BCUT2D eigenvalue weighted by Gasteiger charge is -2.35. The predicted octanol–water partition coefficient (Wildman–Crippen LogP) is 3.47. The van der Waals surface area contributed by atoms with E-state index < -0.39 is 12.0 Å². The maximum Gasteiger partial charge on any atom is 0.331 e. The van der Waals surface area contributed by atoms with E-state index in [1.807, 2.05) is 18.4 Å². The van der Waals surface area contributed by atoms with E-state index in [1.54, 1.807) is 16.2 Å². The van der Waals surface area contributed by atoms with Crippen molar-refractivity contribution in [3.05, 3.63) is 21.9 Å². The number of rotatable bonds is 6. The van der Waals surface area contributed by atoms with Crippen molar-refractivity contribution in [2.75, 3.05) is 6.54 Å². The first-order chi connectivity index (χ1) is 10.1. The summed E-state index contributed by atoms with van der Waals surface area (Å²) in [5.41, 5.74) is 0.803. The molecule has 2 rings (SSSR count). The number of carbonyl (C=O) groups excluding carboxylic acids is 1. The minimum Gasteiger partial charge on any atom is -0.479 e. The van der Waals surface area contributed by atoms with Crippen LogP contribution in [0.3, 0.4) is 0 Å². The first kappa shape index (κ1) is 16.0. The van der Waals surface area contributed by atoms with Gasteiger partial charge in [-0.05, 0) is 36.3 Å². The summed E-state index contributed by atoms with van der Waals surface area (Å²) in [4.78, 5) is 27.1. The van der Waals surface area contributed by atoms with E-state index in [-0.39, 0.29) is 11.8 Å². The van der Waals surface area contributed by atoms with E-state index in [0.29, 0.717) is 6.54 Å². The van der Waals surface area contributed by atoms with Crippen molar-refractivity contribution in [1.29, 1.82) is 0 Å². The Balaban J connectivity index is 2.22. The molecule has 2 unspecified atom stereocenters. The molecule has 1 aliphatic rings. The average Bonchev–Trinajstić information content (AvgIpc) is 2.94. The first-order valence-electron chi connectivity index (χ1n) is 7.69. The van der Waals surface area contributed by atoms with Crippen LogP contribution in [0.5, 0.6) is 0 Å². The van der Waals surface area contributed by atoms with Crippen molar-refractivity contribution in [1.82, 2.24) is 4.90 Å². The van der Waals surface area contributed by atoms with Crippen molar-refractivity contribution >= 4 is 23.2 Å². The summed E-state index contributed by atoms with van der Waals surface area (Å²) in [6.07, 6.45) is 4.47. The Morgan fingerprint density at radius 1 is 1.48 bits per heavy atom. The van der Waals surface area contributed by atoms with E-state index in [0.717, 1.165) is 42.5 Å². The third-order valence-corrected chi connectivity index (χ3v) is 5.23. The van der Waals surface area contributed by atoms with E-state index in [9.17, 15) is 14.7 Å². The smallest absolute Gasteiger partial charge is 0.331 e. The minimum atomic E-state index is -0.923. The fraction of sp³-hybridized carbons (Fsp3) is 0.625. The fourth-order valence-electron chi connectivity index (χ4n) is 3.01. The van der Waals surface area contributed by atoms with Gasteiger partial charge in [-0.2, -0.15) is 0 Å². The van der Waals surface area contributed by atoms with Crippen molar-refractivity contribution in [3.8, 4) is 0 Å². The Kier molecular flexibility index (Phi) is 5.39. The number of nitrogens with zero attached hydrogens (tertiary/aromatic N) is 1. The van der Waals surface area contributed by atoms with Gasteiger partial charge in [0, 0.05) is 17.3 Å². The SMILES string of the molecule is CCCCC(CC)C(=O)N1CCc2sccc2C1C(=O)O. The molecule has 5 heteroatoms. The summed E-state index contributed by atoms with van der Waals surface area (Å²) in [5.74, 6) is -0.963. The molecule has 0 aliphatic carbocycles. The van der Waals surface area contributed by atoms with E-state index >= 15 is 0 Å². The van der Waals surface area contributed by atoms with Gasteiger partial charge in [-0.15, -0.1) is 11.3 Å². The molecule has 0 radical (unpaired) electrons. The molecular weight excluding hydrogens is 286 g/mol. The van der Waals surface area contributed by atoms with Gasteiger partial charge in [-0.1, -0.05) is 26.7 Å². The van der Waals surface area contributed by atoms with Gasteiger partial charge in [-0.25, -0.2) is 4.79 Å². The Morgan fingerprint density at radius 3 is 2.86 bits per heavy atom. The van der Waals surface area contributed by atoms with Gasteiger partial charge in [0.1, 0.15) is 0 Å². The van der Waals surface area contributed by atoms with E-state index in [1.165, 1.54) is 0 Å². The molecule has 21 heavy (non-hydrogen) atoms. The van der Waals surface area contributed by atoms with Gasteiger partial charge < -0.3 is 10.0 Å². The van der Waals surface area contributed by atoms with E-state index in [2.05, 4.69) is 6.92 Å². The minimum absolute atomic E-state index is 0.00944. The number of carbonyl (C=O) groups is 2. The number of carboxylic acid groups (broad SMARTS) is 1. The largest absolute Gasteiger partial charge is 0.479 e. The van der Waals surface area contributed by atoms with Crippen LogP contribution in [0.4, 0.5) is 0 Å². The molecule has 1 aromatic heterocycles. The highest BCUT2D eigenvalue weighted by molar-refractivity contribution is 7.10. The molecule has 0 saturated heterocycles. The number of amides is 1. The molecule has 1 aliphatic heterocycles. The van der Waals surface area contributed by atoms with Gasteiger partial charge in [0.25, 0.3) is 0 Å². The van der Waals surface area contributed by atoms with Crippen molar-refractivity contribution in [3.63, 3.8) is 0 Å². The molecule has 0 aromatic carbocycles. The van der Waals surface area contributed by atoms with Crippen LogP contribution in [0.2, 0.25) is 0 Å². The quantitative estimate of drug-likeness (QED) is 0.875. The van der Waals surface area contributed by atoms with Crippen LogP contribution in [0.15, 0.2) is 11.4 Å². The molecule has 4 nitrogen and oxygen atoms in total. The zero-order valence-corrected chi connectivity index (χ0v) is 13.5. The Bertz CT molecular complexity index is 511. The Hall–Kier alpha value is -1.36. The lowest BCUT2D eigenvalue weighted by Crippen LogP contribution is -2.45. The zero-order chi connectivity index (χ0) is 15.4. The molecule has 1 aromatic rings. The normalized spacial score (nSPS) is 19.1. The van der Waals surface area contributed by atoms with Crippen molar-refractivity contribution in [2.45, 2.75) is 52.0 Å². The Morgan fingerprint density at radius 2 is 2.24 bits per heavy atom. The predicted molar refractivity (Wildman–Crippen MR) is 83.4 cm³/mol. The summed E-state index contributed by atoms with van der Waals surface area (Å²) in [6.45, 7) is 4.63. The van der Waals surface area contributed by atoms with Gasteiger partial charge in [0.2, 0.25) is 5.91 Å². The molecule has 2 atom stereocenters. The number of hydrogen-bond donors (Lipinski definition) is 1. The highest BCUT2D eigenvalue weighted by atomic mass is 32.1. The van der Waals surface area contributed by atoms with Gasteiger partial charge in [-0.3, -0.25) is 4.79 Å². The summed E-state index contributed by atoms with van der Waals surface area (Å²) in [7, 11) is 0. The van der Waals surface area contributed by atoms with Crippen LogP contribution in [0.1, 0.15) is 56.0 Å². The van der Waals surface area contributed by atoms with Crippen molar-refractivity contribution in [2.24, 2.45) is 5.92 Å². The molecule has 0 saturated carbocycles. The van der Waals surface area contributed by atoms with Gasteiger partial charge in [0.05, 0.1) is 0 Å². The number of hydrogen-bond acceptors (Lipinski definition) is 3. The lowest BCUT2D eigenvalue weighted by atomic mass is 9.93. The number of thiophene rings is 1.